The largest absolute Gasteiger partial charge is 0.314 e. The SMILES string of the molecule is CCC(C)NCCC1CN(C)CCN1. The standard InChI is InChI=1S/C11H25N3/c1-4-10(2)12-6-5-11-9-14(3)8-7-13-11/h10-13H,4-9H2,1-3H3. The van der Waals surface area contributed by atoms with Crippen LogP contribution in [-0.2, 0) is 0 Å². The summed E-state index contributed by atoms with van der Waals surface area (Å²) in [5.74, 6) is 0. The predicted molar refractivity (Wildman–Crippen MR) is 61.7 cm³/mol. The molecule has 0 saturated carbocycles. The summed E-state index contributed by atoms with van der Waals surface area (Å²) in [6, 6.07) is 1.35. The first-order valence-electron chi connectivity index (χ1n) is 5.87. The lowest BCUT2D eigenvalue weighted by molar-refractivity contribution is 0.230. The first-order valence-corrected chi connectivity index (χ1v) is 5.87. The van der Waals surface area contributed by atoms with Gasteiger partial charge in [-0.2, -0.15) is 0 Å². The Kier molecular flexibility index (Phi) is 5.45. The molecule has 1 rings (SSSR count). The van der Waals surface area contributed by atoms with Crippen LogP contribution in [0.5, 0.6) is 0 Å². The molecule has 1 aliphatic rings. The molecule has 1 aliphatic heterocycles. The van der Waals surface area contributed by atoms with Gasteiger partial charge in [0.1, 0.15) is 0 Å². The number of nitrogens with one attached hydrogen (secondary N) is 2. The molecular formula is C11H25N3. The van der Waals surface area contributed by atoms with E-state index in [0.29, 0.717) is 12.1 Å². The van der Waals surface area contributed by atoms with Gasteiger partial charge in [-0.25, -0.2) is 0 Å². The zero-order valence-corrected chi connectivity index (χ0v) is 9.84. The highest BCUT2D eigenvalue weighted by Gasteiger charge is 2.15. The second-order valence-electron chi connectivity index (χ2n) is 4.47. The lowest BCUT2D eigenvalue weighted by Crippen LogP contribution is -2.50. The van der Waals surface area contributed by atoms with Gasteiger partial charge in [0.25, 0.3) is 0 Å². The van der Waals surface area contributed by atoms with Gasteiger partial charge in [-0.1, -0.05) is 6.92 Å². The molecule has 0 radical (unpaired) electrons. The van der Waals surface area contributed by atoms with Gasteiger partial charge in [0, 0.05) is 31.7 Å². The van der Waals surface area contributed by atoms with Crippen molar-refractivity contribution in [1.29, 1.82) is 0 Å². The minimum Gasteiger partial charge on any atom is -0.314 e. The Balaban J connectivity index is 2.05. The number of likely N-dealkylation sites (N-methyl/N-ethyl adjacent to an activating group) is 1. The fraction of sp³-hybridized carbons (Fsp3) is 1.00. The molecule has 2 N–H and O–H groups in total. The van der Waals surface area contributed by atoms with E-state index < -0.39 is 0 Å². The Morgan fingerprint density at radius 1 is 1.57 bits per heavy atom. The van der Waals surface area contributed by atoms with Gasteiger partial charge in [-0.3, -0.25) is 0 Å². The highest BCUT2D eigenvalue weighted by atomic mass is 15.2. The zero-order chi connectivity index (χ0) is 10.4. The van der Waals surface area contributed by atoms with E-state index in [4.69, 9.17) is 0 Å². The summed E-state index contributed by atoms with van der Waals surface area (Å²) in [5.41, 5.74) is 0. The summed E-state index contributed by atoms with van der Waals surface area (Å²) in [6.45, 7) is 9.15. The number of hydrogen-bond donors (Lipinski definition) is 2. The van der Waals surface area contributed by atoms with Gasteiger partial charge in [0.05, 0.1) is 0 Å². The molecule has 0 aromatic rings. The van der Waals surface area contributed by atoms with Crippen LogP contribution in [0, 0.1) is 0 Å². The minimum absolute atomic E-state index is 0.663. The molecule has 0 aromatic heterocycles. The fourth-order valence-electron chi connectivity index (χ4n) is 1.83. The monoisotopic (exact) mass is 199 g/mol. The molecule has 0 bridgehead atoms. The number of hydrogen-bond acceptors (Lipinski definition) is 3. The van der Waals surface area contributed by atoms with Crippen molar-refractivity contribution in [2.24, 2.45) is 0 Å². The van der Waals surface area contributed by atoms with Gasteiger partial charge in [0.15, 0.2) is 0 Å². The van der Waals surface area contributed by atoms with Crippen molar-refractivity contribution in [2.45, 2.75) is 38.8 Å². The van der Waals surface area contributed by atoms with E-state index >= 15 is 0 Å². The highest BCUT2D eigenvalue weighted by molar-refractivity contribution is 4.77. The summed E-state index contributed by atoms with van der Waals surface area (Å²) >= 11 is 0. The topological polar surface area (TPSA) is 27.3 Å². The fourth-order valence-corrected chi connectivity index (χ4v) is 1.83. The van der Waals surface area contributed by atoms with Crippen LogP contribution in [0.1, 0.15) is 26.7 Å². The molecule has 2 atom stereocenters. The summed E-state index contributed by atoms with van der Waals surface area (Å²) in [4.78, 5) is 2.41. The molecule has 1 fully saturated rings. The Bertz CT molecular complexity index is 149. The Morgan fingerprint density at radius 3 is 3.00 bits per heavy atom. The van der Waals surface area contributed by atoms with Crippen LogP contribution in [0.3, 0.4) is 0 Å². The molecule has 1 heterocycles. The first-order chi connectivity index (χ1) is 6.72. The number of nitrogens with zero attached hydrogens (tertiary/aromatic N) is 1. The molecule has 1 saturated heterocycles. The zero-order valence-electron chi connectivity index (χ0n) is 9.84. The van der Waals surface area contributed by atoms with Gasteiger partial charge in [-0.05, 0) is 33.4 Å². The van der Waals surface area contributed by atoms with E-state index in [1.165, 1.54) is 25.9 Å². The normalized spacial score (nSPS) is 26.4. The second-order valence-corrected chi connectivity index (χ2v) is 4.47. The van der Waals surface area contributed by atoms with Crippen molar-refractivity contribution in [1.82, 2.24) is 15.5 Å². The van der Waals surface area contributed by atoms with E-state index in [-0.39, 0.29) is 0 Å². The molecular weight excluding hydrogens is 174 g/mol. The average molecular weight is 199 g/mol. The Hall–Kier alpha value is -0.120. The van der Waals surface area contributed by atoms with E-state index in [2.05, 4.69) is 36.4 Å². The molecule has 84 valence electrons. The van der Waals surface area contributed by atoms with Crippen LogP contribution in [0.25, 0.3) is 0 Å². The van der Waals surface area contributed by atoms with Crippen molar-refractivity contribution in [3.63, 3.8) is 0 Å². The molecule has 14 heavy (non-hydrogen) atoms. The van der Waals surface area contributed by atoms with E-state index in [1.807, 2.05) is 0 Å². The van der Waals surface area contributed by atoms with Crippen molar-refractivity contribution in [2.75, 3.05) is 33.2 Å². The molecule has 0 aliphatic carbocycles. The van der Waals surface area contributed by atoms with Crippen LogP contribution in [0.4, 0.5) is 0 Å². The molecule has 3 nitrogen and oxygen atoms in total. The minimum atomic E-state index is 0.663. The lowest BCUT2D eigenvalue weighted by Gasteiger charge is -2.31. The van der Waals surface area contributed by atoms with Crippen molar-refractivity contribution >= 4 is 0 Å². The Labute approximate surface area is 88.2 Å². The highest BCUT2D eigenvalue weighted by Crippen LogP contribution is 2.00. The summed E-state index contributed by atoms with van der Waals surface area (Å²) in [6.07, 6.45) is 2.46. The maximum Gasteiger partial charge on any atom is 0.0207 e. The van der Waals surface area contributed by atoms with Gasteiger partial charge in [-0.15, -0.1) is 0 Å². The van der Waals surface area contributed by atoms with Gasteiger partial charge in [0.2, 0.25) is 0 Å². The quantitative estimate of drug-likeness (QED) is 0.681. The summed E-state index contributed by atoms with van der Waals surface area (Å²) < 4.78 is 0. The predicted octanol–water partition coefficient (Wildman–Crippen LogP) is 0.668. The molecule has 0 aromatic carbocycles. The van der Waals surface area contributed by atoms with Crippen molar-refractivity contribution in [3.05, 3.63) is 0 Å². The number of piperazine rings is 1. The maximum atomic E-state index is 3.56. The van der Waals surface area contributed by atoms with Crippen molar-refractivity contribution in [3.8, 4) is 0 Å². The van der Waals surface area contributed by atoms with Crippen LogP contribution in [0.2, 0.25) is 0 Å². The van der Waals surface area contributed by atoms with E-state index in [0.717, 1.165) is 13.1 Å². The number of rotatable bonds is 5. The van der Waals surface area contributed by atoms with Gasteiger partial charge < -0.3 is 15.5 Å². The van der Waals surface area contributed by atoms with Crippen LogP contribution >= 0.6 is 0 Å². The first kappa shape index (κ1) is 12.0. The molecule has 0 spiro atoms. The van der Waals surface area contributed by atoms with Crippen LogP contribution in [-0.4, -0.2) is 50.2 Å². The third-order valence-electron chi connectivity index (χ3n) is 3.06. The van der Waals surface area contributed by atoms with Crippen LogP contribution in [0.15, 0.2) is 0 Å². The summed E-state index contributed by atoms with van der Waals surface area (Å²) in [7, 11) is 2.20. The van der Waals surface area contributed by atoms with E-state index in [9.17, 15) is 0 Å². The molecule has 3 heteroatoms. The third kappa shape index (κ3) is 4.40. The molecule has 0 amide bonds. The maximum absolute atomic E-state index is 3.56. The molecule has 2 unspecified atom stereocenters. The van der Waals surface area contributed by atoms with E-state index in [1.54, 1.807) is 0 Å². The van der Waals surface area contributed by atoms with Crippen molar-refractivity contribution < 1.29 is 0 Å². The average Bonchev–Trinajstić information content (AvgIpc) is 2.17. The smallest absolute Gasteiger partial charge is 0.0207 e. The Morgan fingerprint density at radius 2 is 2.36 bits per heavy atom. The lowest BCUT2D eigenvalue weighted by atomic mass is 10.1. The second kappa shape index (κ2) is 6.38. The third-order valence-corrected chi connectivity index (χ3v) is 3.06. The summed E-state index contributed by atoms with van der Waals surface area (Å²) in [5, 5.41) is 7.10. The van der Waals surface area contributed by atoms with Crippen LogP contribution < -0.4 is 10.6 Å². The van der Waals surface area contributed by atoms with Gasteiger partial charge >= 0.3 is 0 Å².